The van der Waals surface area contributed by atoms with E-state index in [1.54, 1.807) is 37.6 Å². The highest BCUT2D eigenvalue weighted by molar-refractivity contribution is 7.99. The Bertz CT molecular complexity index is 387. The number of hydrogen-bond acceptors (Lipinski definition) is 3. The molecular formula is C15H23NO2S. The fourth-order valence-electron chi connectivity index (χ4n) is 1.79. The van der Waals surface area contributed by atoms with Crippen LogP contribution in [-0.2, 0) is 4.79 Å². The Labute approximate surface area is 120 Å². The molecule has 4 heteroatoms. The number of thioether (sulfide) groups is 1. The van der Waals surface area contributed by atoms with Crippen LogP contribution in [0, 0.1) is 0 Å². The van der Waals surface area contributed by atoms with E-state index in [9.17, 15) is 9.90 Å². The van der Waals surface area contributed by atoms with Gasteiger partial charge >= 0.3 is 0 Å². The van der Waals surface area contributed by atoms with Crippen LogP contribution in [0.4, 0.5) is 0 Å². The first-order valence-electron chi connectivity index (χ1n) is 6.53. The molecular weight excluding hydrogens is 258 g/mol. The molecule has 0 unspecified atom stereocenters. The quantitative estimate of drug-likeness (QED) is 0.617. The van der Waals surface area contributed by atoms with Crippen LogP contribution in [0.25, 0.3) is 0 Å². The van der Waals surface area contributed by atoms with Crippen molar-refractivity contribution in [3.8, 4) is 0 Å². The minimum Gasteiger partial charge on any atom is -0.389 e. The van der Waals surface area contributed by atoms with Gasteiger partial charge < -0.3 is 10.0 Å². The number of carbonyl (C=O) groups excluding carboxylic acids is 1. The number of rotatable bonds is 7. The Hall–Kier alpha value is -1.00. The van der Waals surface area contributed by atoms with E-state index < -0.39 is 5.60 Å². The molecule has 106 valence electrons. The largest absolute Gasteiger partial charge is 0.389 e. The number of amides is 1. The Morgan fingerprint density at radius 3 is 2.53 bits per heavy atom. The maximum absolute atomic E-state index is 11.8. The van der Waals surface area contributed by atoms with Crippen LogP contribution in [0.3, 0.4) is 0 Å². The van der Waals surface area contributed by atoms with Gasteiger partial charge in [-0.2, -0.15) is 0 Å². The lowest BCUT2D eigenvalue weighted by molar-refractivity contribution is -0.132. The van der Waals surface area contributed by atoms with Crippen molar-refractivity contribution in [2.24, 2.45) is 0 Å². The summed E-state index contributed by atoms with van der Waals surface area (Å²) in [5.41, 5.74) is -0.830. The van der Waals surface area contributed by atoms with Gasteiger partial charge in [-0.1, -0.05) is 18.2 Å². The number of likely N-dealkylation sites (N-methyl/N-ethyl adjacent to an activating group) is 1. The van der Waals surface area contributed by atoms with Crippen molar-refractivity contribution in [3.63, 3.8) is 0 Å². The van der Waals surface area contributed by atoms with Crippen molar-refractivity contribution in [2.75, 3.05) is 19.3 Å². The van der Waals surface area contributed by atoms with E-state index in [0.29, 0.717) is 13.0 Å². The van der Waals surface area contributed by atoms with Gasteiger partial charge in [-0.25, -0.2) is 0 Å². The number of carbonyl (C=O) groups is 1. The topological polar surface area (TPSA) is 40.5 Å². The maximum Gasteiger partial charge on any atom is 0.222 e. The predicted octanol–water partition coefficient (Wildman–Crippen LogP) is 2.79. The van der Waals surface area contributed by atoms with E-state index in [4.69, 9.17) is 0 Å². The van der Waals surface area contributed by atoms with Gasteiger partial charge in [-0.3, -0.25) is 4.79 Å². The summed E-state index contributed by atoms with van der Waals surface area (Å²) in [6.45, 7) is 3.79. The molecule has 0 fully saturated rings. The van der Waals surface area contributed by atoms with Gasteiger partial charge in [0.05, 0.1) is 5.60 Å². The third-order valence-electron chi connectivity index (χ3n) is 2.60. The van der Waals surface area contributed by atoms with E-state index in [-0.39, 0.29) is 5.91 Å². The van der Waals surface area contributed by atoms with Crippen LogP contribution in [0.2, 0.25) is 0 Å². The molecule has 0 aromatic heterocycles. The first kappa shape index (κ1) is 16.1. The normalized spacial score (nSPS) is 11.4. The molecule has 1 N–H and O–H groups in total. The molecule has 0 aliphatic carbocycles. The van der Waals surface area contributed by atoms with Gasteiger partial charge in [0.25, 0.3) is 0 Å². The highest BCUT2D eigenvalue weighted by Crippen LogP contribution is 2.18. The van der Waals surface area contributed by atoms with Crippen molar-refractivity contribution in [1.82, 2.24) is 4.90 Å². The number of aliphatic hydroxyl groups is 1. The molecule has 3 nitrogen and oxygen atoms in total. The summed E-state index contributed by atoms with van der Waals surface area (Å²) in [6.07, 6.45) is 1.39. The van der Waals surface area contributed by atoms with E-state index >= 15 is 0 Å². The van der Waals surface area contributed by atoms with Crippen molar-refractivity contribution in [3.05, 3.63) is 30.3 Å². The lowest BCUT2D eigenvalue weighted by Gasteiger charge is -2.25. The average Bonchev–Trinajstić information content (AvgIpc) is 2.33. The summed E-state index contributed by atoms with van der Waals surface area (Å²) >= 11 is 1.77. The Morgan fingerprint density at radius 1 is 1.32 bits per heavy atom. The molecule has 0 bridgehead atoms. The van der Waals surface area contributed by atoms with Crippen LogP contribution in [0.15, 0.2) is 35.2 Å². The zero-order chi connectivity index (χ0) is 14.3. The lowest BCUT2D eigenvalue weighted by Crippen LogP contribution is -2.39. The second-order valence-corrected chi connectivity index (χ2v) is 6.50. The third kappa shape index (κ3) is 7.23. The standard InChI is InChI=1S/C15H23NO2S/c1-15(2,18)12-16(3)14(17)10-7-11-19-13-8-5-4-6-9-13/h4-6,8-9,18H,7,10-12H2,1-3H3. The van der Waals surface area contributed by atoms with Crippen LogP contribution in [0.1, 0.15) is 26.7 Å². The van der Waals surface area contributed by atoms with Crippen molar-refractivity contribution in [2.45, 2.75) is 37.2 Å². The molecule has 0 spiro atoms. The molecule has 19 heavy (non-hydrogen) atoms. The monoisotopic (exact) mass is 281 g/mol. The minimum absolute atomic E-state index is 0.0933. The van der Waals surface area contributed by atoms with Crippen LogP contribution < -0.4 is 0 Å². The first-order chi connectivity index (χ1) is 8.88. The average molecular weight is 281 g/mol. The van der Waals surface area contributed by atoms with Crippen molar-refractivity contribution in [1.29, 1.82) is 0 Å². The number of benzene rings is 1. The molecule has 1 amide bonds. The first-order valence-corrected chi connectivity index (χ1v) is 7.51. The Morgan fingerprint density at radius 2 is 1.95 bits per heavy atom. The van der Waals surface area contributed by atoms with Crippen LogP contribution in [0.5, 0.6) is 0 Å². The predicted molar refractivity (Wildman–Crippen MR) is 80.3 cm³/mol. The van der Waals surface area contributed by atoms with Crippen molar-refractivity contribution < 1.29 is 9.90 Å². The smallest absolute Gasteiger partial charge is 0.222 e. The highest BCUT2D eigenvalue weighted by atomic mass is 32.2. The number of hydrogen-bond donors (Lipinski definition) is 1. The maximum atomic E-state index is 11.8. The molecule has 0 heterocycles. The molecule has 1 rings (SSSR count). The zero-order valence-corrected chi connectivity index (χ0v) is 12.7. The zero-order valence-electron chi connectivity index (χ0n) is 11.9. The van der Waals surface area contributed by atoms with E-state index in [1.807, 2.05) is 18.2 Å². The van der Waals surface area contributed by atoms with Crippen LogP contribution in [-0.4, -0.2) is 40.9 Å². The summed E-state index contributed by atoms with van der Waals surface area (Å²) in [7, 11) is 1.74. The van der Waals surface area contributed by atoms with E-state index in [1.165, 1.54) is 4.90 Å². The summed E-state index contributed by atoms with van der Waals surface area (Å²) in [5, 5.41) is 9.66. The molecule has 1 aromatic carbocycles. The van der Waals surface area contributed by atoms with Gasteiger partial charge in [-0.05, 0) is 38.2 Å². The SMILES string of the molecule is CN(CC(C)(C)O)C(=O)CCCSc1ccccc1. The van der Waals surface area contributed by atoms with Crippen molar-refractivity contribution >= 4 is 17.7 Å². The Kier molecular flexibility index (Phi) is 6.38. The van der Waals surface area contributed by atoms with E-state index in [0.717, 1.165) is 12.2 Å². The molecule has 0 aliphatic rings. The molecule has 0 saturated heterocycles. The highest BCUT2D eigenvalue weighted by Gasteiger charge is 2.18. The number of nitrogens with zero attached hydrogens (tertiary/aromatic N) is 1. The lowest BCUT2D eigenvalue weighted by atomic mass is 10.1. The summed E-state index contributed by atoms with van der Waals surface area (Å²) in [5.74, 6) is 1.03. The molecule has 0 aliphatic heterocycles. The summed E-state index contributed by atoms with van der Waals surface area (Å²) < 4.78 is 0. The minimum atomic E-state index is -0.830. The van der Waals surface area contributed by atoms with Crippen LogP contribution >= 0.6 is 11.8 Å². The molecule has 0 saturated carbocycles. The molecule has 0 atom stereocenters. The van der Waals surface area contributed by atoms with Gasteiger partial charge in [0.2, 0.25) is 5.91 Å². The van der Waals surface area contributed by atoms with Gasteiger partial charge in [0.1, 0.15) is 0 Å². The van der Waals surface area contributed by atoms with Gasteiger partial charge in [0.15, 0.2) is 0 Å². The van der Waals surface area contributed by atoms with E-state index in [2.05, 4.69) is 12.1 Å². The fraction of sp³-hybridized carbons (Fsp3) is 0.533. The second-order valence-electron chi connectivity index (χ2n) is 5.33. The summed E-state index contributed by atoms with van der Waals surface area (Å²) in [4.78, 5) is 14.7. The second kappa shape index (κ2) is 7.56. The third-order valence-corrected chi connectivity index (χ3v) is 3.70. The van der Waals surface area contributed by atoms with Gasteiger partial charge in [-0.15, -0.1) is 11.8 Å². The Balaban J connectivity index is 2.20. The summed E-state index contributed by atoms with van der Waals surface area (Å²) in [6, 6.07) is 10.2. The fourth-order valence-corrected chi connectivity index (χ4v) is 2.66. The molecule has 1 aromatic rings. The van der Waals surface area contributed by atoms with Gasteiger partial charge in [0, 0.05) is 24.9 Å². The molecule has 0 radical (unpaired) electrons.